The van der Waals surface area contributed by atoms with Gasteiger partial charge in [-0.3, -0.25) is 14.7 Å². The minimum atomic E-state index is -4.09. The number of fused-ring (bicyclic) bond motifs is 1. The molecule has 2 aromatic heterocycles. The number of halogens is 2. The minimum absolute atomic E-state index is 0.0370. The van der Waals surface area contributed by atoms with Gasteiger partial charge in [-0.05, 0) is 62.2 Å². The molecule has 0 spiro atoms. The maximum atomic E-state index is 14.3. The predicted molar refractivity (Wildman–Crippen MR) is 171 cm³/mol. The molecular weight excluding hydrogens is 635 g/mol. The Labute approximate surface area is 271 Å². The second-order valence-electron chi connectivity index (χ2n) is 11.4. The standard InChI is InChI=1S/C33H30Cl2N4O5S/c1-31(16-5-4-6-17-31)45(42,43)39-29(15-18-37-39)32(2,41)23-9-14-28-27(19-23)30(40)38(21-26-13-12-25(35)20-36-26)33(28,44-3)22-7-10-24(34)11-8-22/h4-16,18-20,41H,17,21H2,1-3H3/t31?,32?,33-/m1/s1. The summed E-state index contributed by atoms with van der Waals surface area (Å²) >= 11 is 12.3. The van der Waals surface area contributed by atoms with Gasteiger partial charge >= 0.3 is 0 Å². The van der Waals surface area contributed by atoms with Crippen LogP contribution in [0.1, 0.15) is 58.7 Å². The van der Waals surface area contributed by atoms with Gasteiger partial charge in [-0.25, -0.2) is 8.42 Å². The van der Waals surface area contributed by atoms with E-state index in [-0.39, 0.29) is 30.1 Å². The molecule has 1 aliphatic heterocycles. The van der Waals surface area contributed by atoms with Crippen LogP contribution >= 0.6 is 23.2 Å². The highest BCUT2D eigenvalue weighted by Crippen LogP contribution is 2.47. The highest BCUT2D eigenvalue weighted by atomic mass is 35.5. The van der Waals surface area contributed by atoms with Crippen LogP contribution in [0.25, 0.3) is 0 Å². The van der Waals surface area contributed by atoms with Crippen molar-refractivity contribution in [2.75, 3.05) is 7.11 Å². The molecule has 2 unspecified atom stereocenters. The number of allylic oxidation sites excluding steroid dienone is 3. The van der Waals surface area contributed by atoms with Crippen molar-refractivity contribution >= 4 is 39.1 Å². The van der Waals surface area contributed by atoms with Crippen LogP contribution in [0.15, 0.2) is 97.4 Å². The van der Waals surface area contributed by atoms with Crippen LogP contribution < -0.4 is 0 Å². The van der Waals surface area contributed by atoms with Crippen molar-refractivity contribution in [2.24, 2.45) is 0 Å². The topological polar surface area (TPSA) is 115 Å². The summed E-state index contributed by atoms with van der Waals surface area (Å²) in [5, 5.41) is 17.1. The van der Waals surface area contributed by atoms with Gasteiger partial charge in [-0.15, -0.1) is 0 Å². The zero-order valence-corrected chi connectivity index (χ0v) is 27.0. The lowest BCUT2D eigenvalue weighted by atomic mass is 9.87. The van der Waals surface area contributed by atoms with Crippen LogP contribution in [0.4, 0.5) is 0 Å². The van der Waals surface area contributed by atoms with Crippen LogP contribution in [0.3, 0.4) is 0 Å². The van der Waals surface area contributed by atoms with E-state index in [1.807, 2.05) is 0 Å². The fourth-order valence-electron chi connectivity index (χ4n) is 6.00. The van der Waals surface area contributed by atoms with E-state index in [1.54, 1.807) is 90.7 Å². The monoisotopic (exact) mass is 664 g/mol. The molecule has 45 heavy (non-hydrogen) atoms. The largest absolute Gasteiger partial charge is 0.379 e. The lowest BCUT2D eigenvalue weighted by Crippen LogP contribution is -2.45. The van der Waals surface area contributed by atoms with Crippen LogP contribution in [0, 0.1) is 0 Å². The number of ether oxygens (including phenoxy) is 1. The first-order valence-corrected chi connectivity index (χ1v) is 16.3. The molecule has 0 saturated heterocycles. The van der Waals surface area contributed by atoms with E-state index in [1.165, 1.54) is 32.5 Å². The van der Waals surface area contributed by atoms with Crippen LogP contribution in [0.5, 0.6) is 0 Å². The number of amides is 1. The number of nitrogens with zero attached hydrogens (tertiary/aromatic N) is 4. The molecule has 0 bridgehead atoms. The molecule has 2 aromatic carbocycles. The Morgan fingerprint density at radius 2 is 1.78 bits per heavy atom. The fraction of sp³-hybridized carbons (Fsp3) is 0.242. The SMILES string of the molecule is CO[C@]1(c2ccc(Cl)cc2)c2ccc(C(C)(O)c3ccnn3S(=O)(=O)C3(C)C=CC=CC3)cc2C(=O)N1Cc1ccc(Cl)cn1. The third-order valence-corrected chi connectivity index (χ3v) is 11.3. The summed E-state index contributed by atoms with van der Waals surface area (Å²) in [7, 11) is -2.57. The molecule has 0 radical (unpaired) electrons. The highest BCUT2D eigenvalue weighted by Gasteiger charge is 2.52. The molecule has 1 aliphatic carbocycles. The smallest absolute Gasteiger partial charge is 0.263 e. The van der Waals surface area contributed by atoms with E-state index < -0.39 is 26.1 Å². The average molecular weight is 666 g/mol. The van der Waals surface area contributed by atoms with Gasteiger partial charge in [0.1, 0.15) is 10.3 Å². The predicted octanol–water partition coefficient (Wildman–Crippen LogP) is 5.80. The van der Waals surface area contributed by atoms with Crippen LogP contribution in [0.2, 0.25) is 10.0 Å². The van der Waals surface area contributed by atoms with Gasteiger partial charge in [0.05, 0.1) is 29.2 Å². The molecule has 0 saturated carbocycles. The number of hydrogen-bond donors (Lipinski definition) is 1. The highest BCUT2D eigenvalue weighted by molar-refractivity contribution is 7.91. The van der Waals surface area contributed by atoms with E-state index >= 15 is 0 Å². The Morgan fingerprint density at radius 1 is 1.04 bits per heavy atom. The van der Waals surface area contributed by atoms with E-state index in [2.05, 4.69) is 10.1 Å². The Balaban J connectivity index is 1.47. The third-order valence-electron chi connectivity index (χ3n) is 8.59. The lowest BCUT2D eigenvalue weighted by molar-refractivity contribution is -0.0868. The molecule has 0 fully saturated rings. The van der Waals surface area contributed by atoms with Gasteiger partial charge in [0.25, 0.3) is 15.9 Å². The lowest BCUT2D eigenvalue weighted by Gasteiger charge is -2.38. The Bertz CT molecular complexity index is 1960. The zero-order valence-electron chi connectivity index (χ0n) is 24.7. The molecule has 1 N–H and O–H groups in total. The minimum Gasteiger partial charge on any atom is -0.379 e. The summed E-state index contributed by atoms with van der Waals surface area (Å²) < 4.78 is 33.5. The van der Waals surface area contributed by atoms with Gasteiger partial charge in [0, 0.05) is 35.0 Å². The van der Waals surface area contributed by atoms with Crippen molar-refractivity contribution in [2.45, 2.75) is 42.9 Å². The summed E-state index contributed by atoms with van der Waals surface area (Å²) in [6, 6.07) is 16.9. The number of carbonyl (C=O) groups is 1. The van der Waals surface area contributed by atoms with Gasteiger partial charge in [0.15, 0.2) is 5.72 Å². The number of rotatable bonds is 8. The summed E-state index contributed by atoms with van der Waals surface area (Å²) in [5.41, 5.74) is -0.829. The normalized spacial score (nSPS) is 22.4. The van der Waals surface area contributed by atoms with Crippen molar-refractivity contribution in [3.63, 3.8) is 0 Å². The Hall–Kier alpha value is -3.80. The Morgan fingerprint density at radius 3 is 2.42 bits per heavy atom. The number of hydrogen-bond acceptors (Lipinski definition) is 7. The van der Waals surface area contributed by atoms with Gasteiger partial charge in [-0.1, -0.05) is 71.8 Å². The van der Waals surface area contributed by atoms with Gasteiger partial charge in [0.2, 0.25) is 0 Å². The van der Waals surface area contributed by atoms with Crippen LogP contribution in [-0.4, -0.2) is 50.4 Å². The second kappa shape index (κ2) is 11.2. The first-order valence-electron chi connectivity index (χ1n) is 14.1. The first-order chi connectivity index (χ1) is 21.3. The molecule has 4 aromatic rings. The number of aliphatic hydroxyl groups is 1. The maximum Gasteiger partial charge on any atom is 0.263 e. The van der Waals surface area contributed by atoms with Crippen molar-refractivity contribution < 1.29 is 23.1 Å². The quantitative estimate of drug-likeness (QED) is 0.253. The third kappa shape index (κ3) is 4.92. The zero-order chi connectivity index (χ0) is 32.2. The summed E-state index contributed by atoms with van der Waals surface area (Å²) in [6.45, 7) is 3.18. The van der Waals surface area contributed by atoms with Crippen molar-refractivity contribution in [3.05, 3.63) is 141 Å². The molecule has 3 heterocycles. The van der Waals surface area contributed by atoms with Crippen molar-refractivity contribution in [3.8, 4) is 0 Å². The molecule has 232 valence electrons. The van der Waals surface area contributed by atoms with E-state index in [0.29, 0.717) is 32.4 Å². The van der Waals surface area contributed by atoms with Gasteiger partial charge < -0.3 is 9.84 Å². The number of aromatic nitrogens is 3. The Kier molecular flexibility index (Phi) is 7.78. The van der Waals surface area contributed by atoms with Crippen molar-refractivity contribution in [1.82, 2.24) is 19.1 Å². The molecule has 12 heteroatoms. The number of benzene rings is 2. The van der Waals surface area contributed by atoms with E-state index in [0.717, 1.165) is 4.09 Å². The fourth-order valence-corrected chi connectivity index (χ4v) is 7.86. The van der Waals surface area contributed by atoms with E-state index in [4.69, 9.17) is 27.9 Å². The number of pyridine rings is 1. The van der Waals surface area contributed by atoms with Crippen LogP contribution in [-0.2, 0) is 32.6 Å². The molecule has 3 atom stereocenters. The van der Waals surface area contributed by atoms with E-state index in [9.17, 15) is 18.3 Å². The maximum absolute atomic E-state index is 14.3. The molecule has 6 rings (SSSR count). The number of methoxy groups -OCH3 is 1. The average Bonchev–Trinajstić information content (AvgIpc) is 3.62. The number of carbonyl (C=O) groups excluding carboxylic acids is 1. The summed E-state index contributed by atoms with van der Waals surface area (Å²) in [4.78, 5) is 20.2. The van der Waals surface area contributed by atoms with Gasteiger partial charge in [-0.2, -0.15) is 9.19 Å². The molecule has 9 nitrogen and oxygen atoms in total. The second-order valence-corrected chi connectivity index (χ2v) is 14.5. The summed E-state index contributed by atoms with van der Waals surface area (Å²) in [6.07, 6.45) is 9.96. The molecular formula is C33H30Cl2N4O5S. The van der Waals surface area contributed by atoms with Crippen molar-refractivity contribution in [1.29, 1.82) is 0 Å². The molecule has 1 amide bonds. The molecule has 2 aliphatic rings. The summed E-state index contributed by atoms with van der Waals surface area (Å²) in [5.74, 6) is -0.371. The first kappa shape index (κ1) is 31.2.